The average molecular weight is 680 g/mol. The van der Waals surface area contributed by atoms with Gasteiger partial charge in [0.15, 0.2) is 0 Å². The van der Waals surface area contributed by atoms with Crippen LogP contribution in [0.25, 0.3) is 32.7 Å². The molecule has 0 bridgehead atoms. The van der Waals surface area contributed by atoms with Gasteiger partial charge in [0.05, 0.1) is 27.9 Å². The van der Waals surface area contributed by atoms with Gasteiger partial charge in [-0.05, 0) is 86.5 Å². The highest BCUT2D eigenvalue weighted by atomic mass is 35.5. The Morgan fingerprint density at radius 1 is 0.708 bits per heavy atom. The maximum Gasteiger partial charge on any atom is 0.201 e. The molecule has 5 aliphatic rings. The zero-order valence-electron chi connectivity index (χ0n) is 27.7. The topological polar surface area (TPSA) is 85.8 Å². The van der Waals surface area contributed by atoms with Crippen molar-refractivity contribution in [1.29, 1.82) is 0 Å². The lowest BCUT2D eigenvalue weighted by molar-refractivity contribution is -0.109. The van der Waals surface area contributed by atoms with Crippen molar-refractivity contribution in [1.82, 2.24) is 0 Å². The number of anilines is 3. The van der Waals surface area contributed by atoms with Crippen LogP contribution in [0, 0.1) is 23.7 Å². The summed E-state index contributed by atoms with van der Waals surface area (Å²) in [6.45, 7) is 9.18. The van der Waals surface area contributed by atoms with Crippen molar-refractivity contribution in [2.45, 2.75) is 77.5 Å². The molecule has 9 rings (SSSR count). The van der Waals surface area contributed by atoms with E-state index in [-0.39, 0.29) is 17.2 Å². The molecule has 2 saturated carbocycles. The molecule has 4 N–H and O–H groups in total. The summed E-state index contributed by atoms with van der Waals surface area (Å²) >= 11 is 13.4. The van der Waals surface area contributed by atoms with Gasteiger partial charge in [0.25, 0.3) is 0 Å². The monoisotopic (exact) mass is 678 g/mol. The minimum atomic E-state index is -0.478. The summed E-state index contributed by atoms with van der Waals surface area (Å²) in [5.41, 5.74) is 3.22. The molecule has 4 atom stereocenters. The summed E-state index contributed by atoms with van der Waals surface area (Å²) in [7, 11) is 0. The molecule has 2 aliphatic heterocycles. The third kappa shape index (κ3) is 4.37. The fourth-order valence-corrected chi connectivity index (χ4v) is 10.7. The number of benzene rings is 4. The Bertz CT molecular complexity index is 2260. The fourth-order valence-electron chi connectivity index (χ4n) is 10.2. The number of Topliss-reactive ketones (excluding diaryl/α,β-unsaturated/α-hetero) is 1. The second-order valence-corrected chi connectivity index (χ2v) is 16.5. The number of aliphatic hydroxyl groups is 1. The van der Waals surface area contributed by atoms with Crippen LogP contribution in [0.4, 0.5) is 17.1 Å². The Morgan fingerprint density at radius 2 is 1.33 bits per heavy atom. The molecular formula is C40H40Cl2N4O2. The Balaban J connectivity index is 1.25. The molecule has 0 radical (unpaired) electrons. The van der Waals surface area contributed by atoms with Crippen LogP contribution in [0.5, 0.6) is 0 Å². The highest BCUT2D eigenvalue weighted by molar-refractivity contribution is 6.53. The van der Waals surface area contributed by atoms with Gasteiger partial charge in [-0.15, -0.1) is 0 Å². The highest BCUT2D eigenvalue weighted by Crippen LogP contribution is 2.51. The molecule has 4 unspecified atom stereocenters. The standard InChI is InChI=1S/C40H40Cl2N4O2/c1-19-13-20(2)16-39(15-19)43-29-11-9-27(41)23-5-7-25(35(45-39)31(23)29)33-37(47)34(38(33)48)26-8-6-24-28(42)10-12-30-32(24)36(26)46-40(44-30)17-21(3)14-22(4)18-40/h5-12,19-22,43,45-47H,13-18H2,1-4H3/b34-26+. The minimum Gasteiger partial charge on any atom is -0.506 e. The Morgan fingerprint density at radius 3 is 2.02 bits per heavy atom. The number of rotatable bonds is 1. The summed E-state index contributed by atoms with van der Waals surface area (Å²) < 4.78 is 0. The van der Waals surface area contributed by atoms with E-state index in [0.717, 1.165) is 76.1 Å². The third-order valence-corrected chi connectivity index (χ3v) is 12.2. The number of nitrogens with zero attached hydrogens (tertiary/aromatic N) is 1. The van der Waals surface area contributed by atoms with Crippen LogP contribution < -0.4 is 26.5 Å². The quantitative estimate of drug-likeness (QED) is 0.161. The number of allylic oxidation sites excluding steroid dienone is 2. The summed E-state index contributed by atoms with van der Waals surface area (Å²) in [5, 5.41) is 30.0. The van der Waals surface area contributed by atoms with Crippen LogP contribution in [-0.4, -0.2) is 22.2 Å². The molecule has 2 spiro atoms. The highest BCUT2D eigenvalue weighted by Gasteiger charge is 2.45. The SMILES string of the molecule is CC1CC(C)CC2(C1)N=c1ccc(Cl)c3cc/c(=C4\C(=O)C(c5ccc6c(Cl)ccc7c6c5NC5(CC(C)CC(C)C5)N7)=C4O)c(c13)N2. The molecule has 2 fully saturated rings. The van der Waals surface area contributed by atoms with Gasteiger partial charge in [-0.2, -0.15) is 0 Å². The van der Waals surface area contributed by atoms with Crippen LogP contribution in [0.3, 0.4) is 0 Å². The zero-order chi connectivity index (χ0) is 33.3. The number of hydrogen-bond donors (Lipinski definition) is 4. The van der Waals surface area contributed by atoms with Crippen molar-refractivity contribution < 1.29 is 9.90 Å². The molecule has 6 nitrogen and oxygen atoms in total. The maximum atomic E-state index is 14.5. The molecular weight excluding hydrogens is 639 g/mol. The number of ketones is 1. The number of carbonyl (C=O) groups excluding carboxylic acids is 1. The lowest BCUT2D eigenvalue weighted by Crippen LogP contribution is -2.53. The van der Waals surface area contributed by atoms with E-state index < -0.39 is 5.66 Å². The average Bonchev–Trinajstić information content (AvgIpc) is 3.01. The second kappa shape index (κ2) is 10.4. The van der Waals surface area contributed by atoms with Crippen molar-refractivity contribution in [3.63, 3.8) is 0 Å². The first-order valence-corrected chi connectivity index (χ1v) is 18.1. The number of aliphatic hydroxyl groups excluding tert-OH is 1. The van der Waals surface area contributed by atoms with Crippen LogP contribution in [-0.2, 0) is 4.79 Å². The van der Waals surface area contributed by atoms with E-state index in [2.05, 4.69) is 43.6 Å². The number of halogens is 2. The van der Waals surface area contributed by atoms with Gasteiger partial charge >= 0.3 is 0 Å². The Labute approximate surface area is 290 Å². The predicted molar refractivity (Wildman–Crippen MR) is 197 cm³/mol. The zero-order valence-corrected chi connectivity index (χ0v) is 29.2. The lowest BCUT2D eigenvalue weighted by atomic mass is 9.74. The molecule has 3 aliphatic carbocycles. The van der Waals surface area contributed by atoms with Gasteiger partial charge < -0.3 is 21.1 Å². The molecule has 48 heavy (non-hydrogen) atoms. The van der Waals surface area contributed by atoms with Crippen LogP contribution >= 0.6 is 23.2 Å². The van der Waals surface area contributed by atoms with E-state index in [0.29, 0.717) is 55.6 Å². The predicted octanol–water partition coefficient (Wildman–Crippen LogP) is 9.19. The first-order chi connectivity index (χ1) is 22.9. The van der Waals surface area contributed by atoms with E-state index >= 15 is 0 Å². The smallest absolute Gasteiger partial charge is 0.201 e. The van der Waals surface area contributed by atoms with Crippen molar-refractivity contribution in [3.05, 3.63) is 80.5 Å². The van der Waals surface area contributed by atoms with Gasteiger partial charge in [-0.3, -0.25) is 9.79 Å². The largest absolute Gasteiger partial charge is 0.506 e. The van der Waals surface area contributed by atoms with Gasteiger partial charge in [0.1, 0.15) is 17.1 Å². The second-order valence-electron chi connectivity index (χ2n) is 15.7. The van der Waals surface area contributed by atoms with E-state index in [1.165, 1.54) is 6.42 Å². The number of nitrogens with one attached hydrogen (secondary N) is 3. The molecule has 4 aromatic rings. The van der Waals surface area contributed by atoms with Gasteiger partial charge in [-0.1, -0.05) is 75.2 Å². The number of carbonyl (C=O) groups is 1. The fraction of sp³-hybridized carbons (Fsp3) is 0.400. The van der Waals surface area contributed by atoms with E-state index in [1.807, 2.05) is 48.5 Å². The van der Waals surface area contributed by atoms with Crippen LogP contribution in [0.15, 0.2) is 59.3 Å². The molecule has 0 amide bonds. The van der Waals surface area contributed by atoms with Crippen LogP contribution in [0.2, 0.25) is 10.0 Å². The molecule has 246 valence electrons. The summed E-state index contributed by atoms with van der Waals surface area (Å²) in [6, 6.07) is 15.7. The van der Waals surface area contributed by atoms with Crippen molar-refractivity contribution in [3.8, 4) is 0 Å². The minimum absolute atomic E-state index is 0.0156. The Hall–Kier alpha value is -3.74. The van der Waals surface area contributed by atoms with Crippen LogP contribution in [0.1, 0.15) is 71.8 Å². The van der Waals surface area contributed by atoms with E-state index in [4.69, 9.17) is 28.2 Å². The van der Waals surface area contributed by atoms with Gasteiger partial charge in [0.2, 0.25) is 5.78 Å². The van der Waals surface area contributed by atoms with Gasteiger partial charge in [-0.25, -0.2) is 0 Å². The third-order valence-electron chi connectivity index (χ3n) is 11.5. The molecule has 8 heteroatoms. The first kappa shape index (κ1) is 30.3. The van der Waals surface area contributed by atoms with Crippen molar-refractivity contribution in [2.24, 2.45) is 28.7 Å². The molecule has 2 heterocycles. The molecule has 4 aromatic carbocycles. The molecule has 0 aromatic heterocycles. The summed E-state index contributed by atoms with van der Waals surface area (Å²) in [6.07, 6.45) is 6.04. The summed E-state index contributed by atoms with van der Waals surface area (Å²) in [5.74, 6) is 1.91. The van der Waals surface area contributed by atoms with Gasteiger partial charge in [0, 0.05) is 48.1 Å². The van der Waals surface area contributed by atoms with Crippen molar-refractivity contribution in [2.75, 3.05) is 16.0 Å². The van der Waals surface area contributed by atoms with E-state index in [9.17, 15) is 9.90 Å². The first-order valence-electron chi connectivity index (χ1n) is 17.4. The summed E-state index contributed by atoms with van der Waals surface area (Å²) in [4.78, 5) is 19.8. The Kier molecular flexibility index (Phi) is 6.56. The molecule has 0 saturated heterocycles. The lowest BCUT2D eigenvalue weighted by Gasteiger charge is -2.48. The maximum absolute atomic E-state index is 14.5. The van der Waals surface area contributed by atoms with Crippen molar-refractivity contribution >= 4 is 78.7 Å². The van der Waals surface area contributed by atoms with E-state index in [1.54, 1.807) is 0 Å². The normalized spacial score (nSPS) is 31.8. The number of hydrogen-bond acceptors (Lipinski definition) is 6.